The number of aliphatic carboxylic acids is 3. The van der Waals surface area contributed by atoms with Crippen molar-refractivity contribution in [3.05, 3.63) is 88.0 Å². The molecule has 0 heterocycles. The molecular formula is C114H178N2O21S2. The summed E-state index contributed by atoms with van der Waals surface area (Å²) < 4.78 is 29.7. The van der Waals surface area contributed by atoms with Crippen molar-refractivity contribution in [1.82, 2.24) is 10.6 Å². The number of hydrogen-bond donors (Lipinski definition) is 11. The van der Waals surface area contributed by atoms with Gasteiger partial charge in [0, 0.05) is 25.4 Å². The normalized spacial score (nSPS) is 25.9. The van der Waals surface area contributed by atoms with Gasteiger partial charge < -0.3 is 70.1 Å². The molecule has 6 fully saturated rings. The molecule has 3 aromatic rings. The highest BCUT2D eigenvalue weighted by atomic mass is 32.1. The van der Waals surface area contributed by atoms with Crippen LogP contribution in [0.5, 0.6) is 17.2 Å². The van der Waals surface area contributed by atoms with E-state index in [1.807, 2.05) is 36.4 Å². The highest BCUT2D eigenvalue weighted by Gasteiger charge is 2.51. The maximum Gasteiger partial charge on any atom is 0.341 e. The summed E-state index contributed by atoms with van der Waals surface area (Å²) in [6, 6.07) is 17.8. The Bertz CT molecular complexity index is 4180. The zero-order valence-electron chi connectivity index (χ0n) is 85.2. The fourth-order valence-electron chi connectivity index (χ4n) is 24.8. The van der Waals surface area contributed by atoms with Gasteiger partial charge in [-0.2, -0.15) is 25.3 Å². The first-order valence-corrected chi connectivity index (χ1v) is 56.4. The molecule has 0 spiro atoms. The van der Waals surface area contributed by atoms with Gasteiger partial charge in [0.05, 0.1) is 54.0 Å². The molecule has 3 aromatic carbocycles. The third kappa shape index (κ3) is 37.7. The summed E-state index contributed by atoms with van der Waals surface area (Å²) in [5.74, 6) is 1.41. The average molecular weight is 1980 g/mol. The summed E-state index contributed by atoms with van der Waals surface area (Å²) in [4.78, 5) is 111. The number of carbonyl (C=O) groups excluding carboxylic acids is 6. The van der Waals surface area contributed by atoms with Gasteiger partial charge in [0.25, 0.3) is 0 Å². The van der Waals surface area contributed by atoms with Crippen molar-refractivity contribution in [2.75, 3.05) is 44.4 Å². The number of benzene rings is 3. The maximum atomic E-state index is 13.9. The Hall–Kier alpha value is -6.77. The molecule has 6 saturated carbocycles. The number of aliphatic hydroxyl groups excluding tert-OH is 4. The first kappa shape index (κ1) is 116. The van der Waals surface area contributed by atoms with Crippen molar-refractivity contribution < 1.29 is 103 Å². The van der Waals surface area contributed by atoms with E-state index in [1.54, 1.807) is 6.92 Å². The van der Waals surface area contributed by atoms with Gasteiger partial charge in [-0.05, 0) is 316 Å². The highest BCUT2D eigenvalue weighted by molar-refractivity contribution is 7.80. The van der Waals surface area contributed by atoms with Gasteiger partial charge in [-0.3, -0.25) is 33.6 Å². The summed E-state index contributed by atoms with van der Waals surface area (Å²) in [5, 5.41) is 76.7. The molecule has 0 radical (unpaired) electrons. The minimum atomic E-state index is -1.00. The molecule has 9 aliphatic rings. The molecule has 6 unspecified atom stereocenters. The Morgan fingerprint density at radius 1 is 0.396 bits per heavy atom. The predicted molar refractivity (Wildman–Crippen MR) is 551 cm³/mol. The van der Waals surface area contributed by atoms with E-state index < -0.39 is 35.8 Å². The zero-order chi connectivity index (χ0) is 100.0. The second-order valence-corrected chi connectivity index (χ2v) is 43.5. The van der Waals surface area contributed by atoms with Gasteiger partial charge in [-0.25, -0.2) is 9.59 Å². The lowest BCUT2D eigenvalue weighted by Crippen LogP contribution is -2.42. The number of Topliss-reactive ketones (excluding diaryl/α,β-unsaturated/α-hetero) is 2. The summed E-state index contributed by atoms with van der Waals surface area (Å²) in [6.07, 6.45) is 48.6. The third-order valence-corrected chi connectivity index (χ3v) is 33.1. The Morgan fingerprint density at radius 3 is 1.22 bits per heavy atom. The van der Waals surface area contributed by atoms with Crippen molar-refractivity contribution in [2.24, 2.45) is 88.8 Å². The number of fused-ring (bicyclic) bond motifs is 6. The molecular weight excluding hydrogens is 1800 g/mol. The smallest absolute Gasteiger partial charge is 0.341 e. The van der Waals surface area contributed by atoms with Crippen molar-refractivity contribution >= 4 is 78.5 Å². The average Bonchev–Trinajstić information content (AvgIpc) is 1.63. The number of amides is 2. The van der Waals surface area contributed by atoms with Crippen LogP contribution in [0.2, 0.25) is 0 Å². The SMILES string of the molecule is CCCCCCCCC(=O)C1CCCCC1C(=O)O.CCCCC[C@@H](CC[C@@H]1[C@H]2Cc3cccc(OCC(=O)O)c3C[C@H]2C[C@H]1O)OC(=O)C1CCCCC1C(=O)NCCCCCCS.CCCCC[C@H](O)CC[C@@H]1[C@H]2Cc3cccc(OCC(=O)O)c3C[C@H]2C[C@H]1OC(=O)C1CCCCC1C(=O)NCCCCCCS.CCCCC[C@H](O)CC[C@@H]1[C@H]2Cc3cccc(OCC(C)=O)c3C[C@H]2C[C@H]1O. The van der Waals surface area contributed by atoms with Gasteiger partial charge in [0.15, 0.2) is 19.0 Å². The quantitative estimate of drug-likeness (QED) is 0.0142. The number of rotatable bonds is 57. The Morgan fingerprint density at radius 2 is 0.770 bits per heavy atom. The topological polar surface area (TPSA) is 365 Å². The second kappa shape index (κ2) is 63.5. The van der Waals surface area contributed by atoms with E-state index in [2.05, 4.69) is 81.8 Å². The molecule has 9 aliphatic carbocycles. The second-order valence-electron chi connectivity index (χ2n) is 42.6. The van der Waals surface area contributed by atoms with Crippen LogP contribution in [0.25, 0.3) is 0 Å². The van der Waals surface area contributed by atoms with Crippen LogP contribution in [0, 0.1) is 88.8 Å². The number of esters is 2. The highest BCUT2D eigenvalue weighted by Crippen LogP contribution is 2.53. The molecule has 0 aliphatic heterocycles. The van der Waals surface area contributed by atoms with E-state index in [9.17, 15) is 73.8 Å². The number of hydrogen-bond acceptors (Lipinski definition) is 20. The summed E-state index contributed by atoms with van der Waals surface area (Å²) in [6.45, 7) is 10.9. The van der Waals surface area contributed by atoms with E-state index in [0.717, 1.165) is 292 Å². The Labute approximate surface area is 843 Å². The van der Waals surface area contributed by atoms with Crippen LogP contribution < -0.4 is 24.8 Å². The van der Waals surface area contributed by atoms with Gasteiger partial charge in [0.2, 0.25) is 11.8 Å². The molecule has 25 heteroatoms. The minimum Gasteiger partial charge on any atom is -0.486 e. The summed E-state index contributed by atoms with van der Waals surface area (Å²) in [7, 11) is 0. The lowest BCUT2D eigenvalue weighted by Gasteiger charge is -2.33. The molecule has 12 rings (SSSR count). The van der Waals surface area contributed by atoms with Gasteiger partial charge in [-0.15, -0.1) is 0 Å². The molecule has 9 N–H and O–H groups in total. The van der Waals surface area contributed by atoms with Gasteiger partial charge in [0.1, 0.15) is 41.8 Å². The van der Waals surface area contributed by atoms with Crippen LogP contribution in [0.3, 0.4) is 0 Å². The third-order valence-electron chi connectivity index (χ3n) is 32.4. The Kier molecular flexibility index (Phi) is 52.9. The van der Waals surface area contributed by atoms with Crippen LogP contribution in [-0.4, -0.2) is 170 Å². The molecule has 21 atom stereocenters. The number of thiol groups is 2. The Balaban J connectivity index is 0.000000218. The number of unbranched alkanes of at least 4 members (excludes halogenated alkanes) is 17. The van der Waals surface area contributed by atoms with Crippen LogP contribution in [-0.2, 0) is 91.1 Å². The lowest BCUT2D eigenvalue weighted by molar-refractivity contribution is -0.162. The number of carbonyl (C=O) groups is 9. The van der Waals surface area contributed by atoms with Gasteiger partial charge in [-0.1, -0.05) is 212 Å². The molecule has 2 amide bonds. The van der Waals surface area contributed by atoms with Crippen molar-refractivity contribution in [3.8, 4) is 17.2 Å². The van der Waals surface area contributed by atoms with E-state index in [1.165, 1.54) is 60.8 Å². The predicted octanol–water partition coefficient (Wildman–Crippen LogP) is 21.4. The monoisotopic (exact) mass is 1980 g/mol. The molecule has 0 saturated heterocycles. The fraction of sp³-hybridized carbons (Fsp3) is 0.763. The van der Waals surface area contributed by atoms with Crippen molar-refractivity contribution in [3.63, 3.8) is 0 Å². The molecule has 782 valence electrons. The molecule has 23 nitrogen and oxygen atoms in total. The van der Waals surface area contributed by atoms with E-state index in [-0.39, 0.29) is 133 Å². The number of ether oxygens (including phenoxy) is 5. The van der Waals surface area contributed by atoms with Crippen molar-refractivity contribution in [1.29, 1.82) is 0 Å². The largest absolute Gasteiger partial charge is 0.486 e. The van der Waals surface area contributed by atoms with Crippen LogP contribution in [0.4, 0.5) is 0 Å². The van der Waals surface area contributed by atoms with Crippen LogP contribution >= 0.6 is 25.3 Å². The maximum absolute atomic E-state index is 13.9. The number of ketones is 2. The van der Waals surface area contributed by atoms with Crippen LogP contribution in [0.15, 0.2) is 54.6 Å². The first-order valence-electron chi connectivity index (χ1n) is 55.1. The van der Waals surface area contributed by atoms with Crippen molar-refractivity contribution in [2.45, 2.75) is 418 Å². The van der Waals surface area contributed by atoms with E-state index >= 15 is 0 Å². The summed E-state index contributed by atoms with van der Waals surface area (Å²) in [5.41, 5.74) is 6.99. The summed E-state index contributed by atoms with van der Waals surface area (Å²) >= 11 is 8.53. The van der Waals surface area contributed by atoms with Crippen LogP contribution in [0.1, 0.15) is 376 Å². The molecule has 0 bridgehead atoms. The first-order chi connectivity index (χ1) is 67.3. The number of carboxylic acids is 3. The minimum absolute atomic E-state index is 0.00686. The van der Waals surface area contributed by atoms with E-state index in [0.29, 0.717) is 99.1 Å². The fourth-order valence-corrected chi connectivity index (χ4v) is 25.3. The number of carboxylic acid groups (broad SMARTS) is 3. The number of aliphatic hydroxyl groups is 4. The number of nitrogens with one attached hydrogen (secondary N) is 2. The van der Waals surface area contributed by atoms with Gasteiger partial charge >= 0.3 is 29.8 Å². The lowest BCUT2D eigenvalue weighted by atomic mass is 9.73. The molecule has 139 heavy (non-hydrogen) atoms. The zero-order valence-corrected chi connectivity index (χ0v) is 87.0. The molecule has 0 aromatic heterocycles. The standard InChI is InChI=1S/2C37H57NO7S.C24H36O4.C16H28O3/c1-2-3-6-13-27(45-37(43)30-15-8-7-14-29(30)36(42)38-19-9-4-5-10-20-46)17-18-28-31-21-25-12-11-16-34(44-24-35(40)41)32(25)22-26(31)23-33(28)39;1-2-3-6-13-27(39)17-18-28-31-21-25-12-11-16-33(44-24-35(40)41)32(25)22-26(31)23-34(28)45-37(43)30-15-8-7-14-29(30)36(42)38-19-9-4-5-10-20-46;1-3-4-5-8-19(26)10-11-20-21-12-17-7-6-9-24(28-15-16(2)25)22(17)13-18(21)14-23(20)27;1-2-3-4-5-6-7-12-15(17)13-10-8-9-11-14(13)16(18)19/h11-12,16,26-31,33,39,46H,2-10,13-15,17-24H2,1H3,(H,38,42)(H,40,41);11-12,16,26-31,34,39,46H,2-10,13-15,17-24H2,1H3,(H,38,42)(H,40,41);6-7,9,18-21,23,26-27H,3-5,8,10-15H2,1-2H3;13-14H,2-12H2,1H3,(H,18,19)/t26-,27-,28+,29?,30?,31-,33+;26-,27-,28+,29?,30?,31-,34+;18-,19-,20+,21-,23+;/m000./s1. The van der Waals surface area contributed by atoms with E-state index in [4.69, 9.17) is 28.8 Å².